The molecule has 0 aromatic carbocycles. The first-order valence-corrected chi connectivity index (χ1v) is 9.06. The average Bonchev–Trinajstić information content (AvgIpc) is 3.20. The highest BCUT2D eigenvalue weighted by atomic mass is 32.1. The molecule has 1 heterocycles. The van der Waals surface area contributed by atoms with Gasteiger partial charge in [0.25, 0.3) is 0 Å². The summed E-state index contributed by atoms with van der Waals surface area (Å²) in [6.45, 7) is 3.54. The van der Waals surface area contributed by atoms with Crippen LogP contribution in [0.4, 0.5) is 0 Å². The number of esters is 1. The topological polar surface area (TPSA) is 35.5 Å². The molecule has 0 amide bonds. The highest BCUT2D eigenvalue weighted by molar-refractivity contribution is 7.12. The van der Waals surface area contributed by atoms with Crippen LogP contribution in [0.5, 0.6) is 5.75 Å². The van der Waals surface area contributed by atoms with Crippen LogP contribution in [0.1, 0.15) is 68.0 Å². The molecule has 0 N–H and O–H groups in total. The maximum atomic E-state index is 11.8. The van der Waals surface area contributed by atoms with E-state index in [1.807, 2.05) is 5.38 Å². The minimum atomic E-state index is -0.207. The van der Waals surface area contributed by atoms with Crippen LogP contribution in [-0.4, -0.2) is 19.2 Å². The molecule has 0 aliphatic heterocycles. The van der Waals surface area contributed by atoms with Crippen molar-refractivity contribution in [2.45, 2.75) is 58.3 Å². The van der Waals surface area contributed by atoms with Gasteiger partial charge in [-0.25, -0.2) is 4.79 Å². The lowest BCUT2D eigenvalue weighted by molar-refractivity contribution is 0.0491. The fourth-order valence-corrected chi connectivity index (χ4v) is 2.84. The summed E-state index contributed by atoms with van der Waals surface area (Å²) in [6, 6.07) is 1.80. The third kappa shape index (κ3) is 6.51. The molecule has 1 fully saturated rings. The first kappa shape index (κ1) is 16.3. The monoisotopic (exact) mass is 310 g/mol. The zero-order valence-corrected chi connectivity index (χ0v) is 13.8. The zero-order valence-electron chi connectivity index (χ0n) is 12.9. The summed E-state index contributed by atoms with van der Waals surface area (Å²) in [7, 11) is 0. The Kier molecular flexibility index (Phi) is 7.07. The molecule has 0 radical (unpaired) electrons. The molecular formula is C17H26O3S. The van der Waals surface area contributed by atoms with Gasteiger partial charge in [-0.1, -0.05) is 39.0 Å². The number of hydrogen-bond acceptors (Lipinski definition) is 4. The van der Waals surface area contributed by atoms with Gasteiger partial charge in [0.1, 0.15) is 10.6 Å². The van der Waals surface area contributed by atoms with E-state index in [0.717, 1.165) is 18.8 Å². The number of ether oxygens (including phenoxy) is 2. The Morgan fingerprint density at radius 3 is 2.76 bits per heavy atom. The van der Waals surface area contributed by atoms with Gasteiger partial charge in [-0.2, -0.15) is 0 Å². The largest absolute Gasteiger partial charge is 0.493 e. The van der Waals surface area contributed by atoms with E-state index in [4.69, 9.17) is 9.47 Å². The maximum Gasteiger partial charge on any atom is 0.348 e. The molecule has 4 heteroatoms. The van der Waals surface area contributed by atoms with E-state index in [9.17, 15) is 4.79 Å². The van der Waals surface area contributed by atoms with Crippen molar-refractivity contribution in [2.75, 3.05) is 13.2 Å². The molecule has 1 aliphatic rings. The smallest absolute Gasteiger partial charge is 0.348 e. The van der Waals surface area contributed by atoms with Crippen LogP contribution >= 0.6 is 11.3 Å². The Morgan fingerprint density at radius 1 is 1.24 bits per heavy atom. The summed E-state index contributed by atoms with van der Waals surface area (Å²) < 4.78 is 10.9. The van der Waals surface area contributed by atoms with Crippen LogP contribution in [0.15, 0.2) is 11.4 Å². The summed E-state index contributed by atoms with van der Waals surface area (Å²) >= 11 is 1.41. The molecule has 118 valence electrons. The minimum absolute atomic E-state index is 0.207. The van der Waals surface area contributed by atoms with Gasteiger partial charge in [0, 0.05) is 11.4 Å². The SMILES string of the molecule is CCCCCCCCOc1csc(C(=O)OCC2CC2)c1. The van der Waals surface area contributed by atoms with Crippen molar-refractivity contribution in [2.24, 2.45) is 5.92 Å². The molecule has 2 rings (SSSR count). The summed E-state index contributed by atoms with van der Waals surface area (Å²) in [4.78, 5) is 12.4. The fourth-order valence-electron chi connectivity index (χ4n) is 2.12. The predicted molar refractivity (Wildman–Crippen MR) is 86.2 cm³/mol. The summed E-state index contributed by atoms with van der Waals surface area (Å²) in [5, 5.41) is 1.89. The van der Waals surface area contributed by atoms with Gasteiger partial charge in [0.15, 0.2) is 0 Å². The molecule has 0 atom stereocenters. The second kappa shape index (κ2) is 9.08. The number of carbonyl (C=O) groups excluding carboxylic acids is 1. The van der Waals surface area contributed by atoms with Gasteiger partial charge < -0.3 is 9.47 Å². The number of unbranched alkanes of at least 4 members (excludes halogenated alkanes) is 5. The molecule has 0 unspecified atom stereocenters. The van der Waals surface area contributed by atoms with Crippen molar-refractivity contribution < 1.29 is 14.3 Å². The van der Waals surface area contributed by atoms with Gasteiger partial charge >= 0.3 is 5.97 Å². The standard InChI is InChI=1S/C17H26O3S/c1-2-3-4-5-6-7-10-19-15-11-16(21-13-15)17(18)20-12-14-8-9-14/h11,13-14H,2-10,12H2,1H3. The number of thiophene rings is 1. The third-order valence-electron chi connectivity index (χ3n) is 3.69. The molecule has 3 nitrogen and oxygen atoms in total. The van der Waals surface area contributed by atoms with Crippen LogP contribution in [0, 0.1) is 5.92 Å². The Balaban J connectivity index is 1.57. The normalized spacial score (nSPS) is 14.1. The molecular weight excluding hydrogens is 284 g/mol. The van der Waals surface area contributed by atoms with E-state index in [0.29, 0.717) is 17.4 Å². The highest BCUT2D eigenvalue weighted by Gasteiger charge is 2.23. The lowest BCUT2D eigenvalue weighted by Crippen LogP contribution is -2.05. The van der Waals surface area contributed by atoms with Crippen LogP contribution in [0.2, 0.25) is 0 Å². The first-order chi connectivity index (χ1) is 10.3. The zero-order chi connectivity index (χ0) is 14.9. The van der Waals surface area contributed by atoms with E-state index in [2.05, 4.69) is 6.92 Å². The van der Waals surface area contributed by atoms with Gasteiger partial charge in [0.2, 0.25) is 0 Å². The van der Waals surface area contributed by atoms with E-state index >= 15 is 0 Å². The molecule has 0 spiro atoms. The Hall–Kier alpha value is -1.03. The van der Waals surface area contributed by atoms with Crippen molar-refractivity contribution in [3.63, 3.8) is 0 Å². The Labute approximate surface area is 131 Å². The average molecular weight is 310 g/mol. The van der Waals surface area contributed by atoms with E-state index in [1.165, 1.54) is 56.3 Å². The Morgan fingerprint density at radius 2 is 2.00 bits per heavy atom. The molecule has 21 heavy (non-hydrogen) atoms. The molecule has 1 saturated carbocycles. The van der Waals surface area contributed by atoms with E-state index < -0.39 is 0 Å². The number of carbonyl (C=O) groups is 1. The molecule has 1 aromatic heterocycles. The van der Waals surface area contributed by atoms with Crippen LogP contribution < -0.4 is 4.74 Å². The first-order valence-electron chi connectivity index (χ1n) is 8.18. The lowest BCUT2D eigenvalue weighted by atomic mass is 10.1. The van der Waals surface area contributed by atoms with Gasteiger partial charge in [0.05, 0.1) is 13.2 Å². The van der Waals surface area contributed by atoms with Crippen molar-refractivity contribution in [1.29, 1.82) is 0 Å². The fraction of sp³-hybridized carbons (Fsp3) is 0.706. The second-order valence-corrected chi connectivity index (χ2v) is 6.72. The van der Waals surface area contributed by atoms with Crippen molar-refractivity contribution >= 4 is 17.3 Å². The predicted octanol–water partition coefficient (Wildman–Crippen LogP) is 5.05. The molecule has 0 saturated heterocycles. The minimum Gasteiger partial charge on any atom is -0.493 e. The van der Waals surface area contributed by atoms with Crippen molar-refractivity contribution in [1.82, 2.24) is 0 Å². The summed E-state index contributed by atoms with van der Waals surface area (Å²) in [6.07, 6.45) is 9.93. The molecule has 0 bridgehead atoms. The van der Waals surface area contributed by atoms with Gasteiger partial charge in [-0.3, -0.25) is 0 Å². The number of hydrogen-bond donors (Lipinski definition) is 0. The van der Waals surface area contributed by atoms with E-state index in [-0.39, 0.29) is 5.97 Å². The molecule has 1 aliphatic carbocycles. The summed E-state index contributed by atoms with van der Waals surface area (Å²) in [5.41, 5.74) is 0. The van der Waals surface area contributed by atoms with Crippen LogP contribution in [-0.2, 0) is 4.74 Å². The van der Waals surface area contributed by atoms with Crippen LogP contribution in [0.3, 0.4) is 0 Å². The maximum absolute atomic E-state index is 11.8. The van der Waals surface area contributed by atoms with Crippen molar-refractivity contribution in [3.05, 3.63) is 16.3 Å². The third-order valence-corrected chi connectivity index (χ3v) is 4.58. The Bertz CT molecular complexity index is 423. The van der Waals surface area contributed by atoms with Gasteiger partial charge in [-0.15, -0.1) is 11.3 Å². The highest BCUT2D eigenvalue weighted by Crippen LogP contribution is 2.30. The number of rotatable bonds is 11. The second-order valence-electron chi connectivity index (χ2n) is 5.80. The van der Waals surface area contributed by atoms with Crippen LogP contribution in [0.25, 0.3) is 0 Å². The van der Waals surface area contributed by atoms with Gasteiger partial charge in [-0.05, 0) is 25.2 Å². The molecule has 1 aromatic rings. The van der Waals surface area contributed by atoms with E-state index in [1.54, 1.807) is 6.07 Å². The quantitative estimate of drug-likeness (QED) is 0.423. The lowest BCUT2D eigenvalue weighted by Gasteiger charge is -2.03. The summed E-state index contributed by atoms with van der Waals surface area (Å²) in [5.74, 6) is 1.20. The van der Waals surface area contributed by atoms with Crippen molar-refractivity contribution in [3.8, 4) is 5.75 Å².